The number of benzene rings is 1. The van der Waals surface area contributed by atoms with Gasteiger partial charge in [0.25, 0.3) is 0 Å². The van der Waals surface area contributed by atoms with Crippen LogP contribution >= 0.6 is 0 Å². The van der Waals surface area contributed by atoms with E-state index in [2.05, 4.69) is 11.7 Å². The molecule has 1 rings (SSSR count). The zero-order chi connectivity index (χ0) is 12.7. The second kappa shape index (κ2) is 6.91. The third-order valence-electron chi connectivity index (χ3n) is 2.46. The molecule has 0 aliphatic carbocycles. The summed E-state index contributed by atoms with van der Waals surface area (Å²) in [6.07, 6.45) is 2.03. The third kappa shape index (κ3) is 3.75. The van der Waals surface area contributed by atoms with Crippen molar-refractivity contribution in [2.24, 2.45) is 5.73 Å². The molecule has 0 saturated carbocycles. The third-order valence-corrected chi connectivity index (χ3v) is 2.46. The van der Waals surface area contributed by atoms with Gasteiger partial charge in [0, 0.05) is 5.56 Å². The standard InChI is InChI=1S/C13H19NO3/c1-3-4-9-17-11-8-6-5-7-10(11)12(14)13(15)16-2/h5-8,12H,3-4,9,14H2,1-2H3. The molecule has 0 saturated heterocycles. The van der Waals surface area contributed by atoms with E-state index >= 15 is 0 Å². The minimum absolute atomic E-state index is 0.462. The van der Waals surface area contributed by atoms with E-state index in [4.69, 9.17) is 10.5 Å². The number of para-hydroxylation sites is 1. The molecular formula is C13H19NO3. The van der Waals surface area contributed by atoms with Gasteiger partial charge < -0.3 is 15.2 Å². The zero-order valence-electron chi connectivity index (χ0n) is 10.3. The van der Waals surface area contributed by atoms with Crippen molar-refractivity contribution in [2.75, 3.05) is 13.7 Å². The van der Waals surface area contributed by atoms with Crippen LogP contribution in [0.5, 0.6) is 5.75 Å². The highest BCUT2D eigenvalue weighted by Gasteiger charge is 2.19. The fraction of sp³-hybridized carbons (Fsp3) is 0.462. The molecular weight excluding hydrogens is 218 g/mol. The molecule has 0 aliphatic rings. The van der Waals surface area contributed by atoms with E-state index in [-0.39, 0.29) is 0 Å². The predicted molar refractivity (Wildman–Crippen MR) is 65.8 cm³/mol. The number of methoxy groups -OCH3 is 1. The topological polar surface area (TPSA) is 61.5 Å². The van der Waals surface area contributed by atoms with E-state index in [1.165, 1.54) is 7.11 Å². The summed E-state index contributed by atoms with van der Waals surface area (Å²) in [5, 5.41) is 0. The first-order valence-electron chi connectivity index (χ1n) is 5.75. The van der Waals surface area contributed by atoms with Gasteiger partial charge in [-0.2, -0.15) is 0 Å². The minimum Gasteiger partial charge on any atom is -0.493 e. The fourth-order valence-electron chi connectivity index (χ4n) is 1.45. The average Bonchev–Trinajstić information content (AvgIpc) is 2.38. The van der Waals surface area contributed by atoms with Gasteiger partial charge in [0.2, 0.25) is 0 Å². The summed E-state index contributed by atoms with van der Waals surface area (Å²) in [5.74, 6) is 0.190. The van der Waals surface area contributed by atoms with Crippen molar-refractivity contribution in [3.63, 3.8) is 0 Å². The van der Waals surface area contributed by atoms with Gasteiger partial charge in [-0.05, 0) is 12.5 Å². The Morgan fingerprint density at radius 3 is 2.76 bits per heavy atom. The number of esters is 1. The number of carbonyl (C=O) groups is 1. The smallest absolute Gasteiger partial charge is 0.327 e. The summed E-state index contributed by atoms with van der Waals surface area (Å²) in [6, 6.07) is 6.48. The molecule has 1 unspecified atom stereocenters. The predicted octanol–water partition coefficient (Wildman–Crippen LogP) is 2.04. The second-order valence-corrected chi connectivity index (χ2v) is 3.74. The lowest BCUT2D eigenvalue weighted by Crippen LogP contribution is -2.23. The molecule has 0 radical (unpaired) electrons. The van der Waals surface area contributed by atoms with Gasteiger partial charge in [-0.25, -0.2) is 0 Å². The van der Waals surface area contributed by atoms with Gasteiger partial charge in [-0.15, -0.1) is 0 Å². The van der Waals surface area contributed by atoms with Crippen molar-refractivity contribution in [3.8, 4) is 5.75 Å². The minimum atomic E-state index is -0.794. The normalized spacial score (nSPS) is 11.9. The molecule has 4 heteroatoms. The molecule has 4 nitrogen and oxygen atoms in total. The molecule has 1 atom stereocenters. The Labute approximate surface area is 102 Å². The first kappa shape index (κ1) is 13.5. The summed E-state index contributed by atoms with van der Waals surface area (Å²) in [5.41, 5.74) is 6.46. The van der Waals surface area contributed by atoms with Crippen molar-refractivity contribution >= 4 is 5.97 Å². The maximum absolute atomic E-state index is 11.4. The Kier molecular flexibility index (Phi) is 5.49. The van der Waals surface area contributed by atoms with E-state index < -0.39 is 12.0 Å². The van der Waals surface area contributed by atoms with Crippen molar-refractivity contribution in [1.82, 2.24) is 0 Å². The van der Waals surface area contributed by atoms with Crippen LogP contribution in [0.1, 0.15) is 31.4 Å². The molecule has 0 amide bonds. The van der Waals surface area contributed by atoms with Gasteiger partial charge in [-0.1, -0.05) is 31.5 Å². The first-order valence-corrected chi connectivity index (χ1v) is 5.75. The maximum Gasteiger partial charge on any atom is 0.327 e. The molecule has 0 aromatic heterocycles. The number of hydrogen-bond acceptors (Lipinski definition) is 4. The Morgan fingerprint density at radius 1 is 1.41 bits per heavy atom. The molecule has 1 aromatic carbocycles. The van der Waals surface area contributed by atoms with Crippen LogP contribution in [0.4, 0.5) is 0 Å². The van der Waals surface area contributed by atoms with Gasteiger partial charge in [-0.3, -0.25) is 4.79 Å². The van der Waals surface area contributed by atoms with E-state index in [9.17, 15) is 4.79 Å². The van der Waals surface area contributed by atoms with Crippen molar-refractivity contribution in [2.45, 2.75) is 25.8 Å². The largest absolute Gasteiger partial charge is 0.493 e. The number of rotatable bonds is 6. The van der Waals surface area contributed by atoms with Crippen LogP contribution in [-0.2, 0) is 9.53 Å². The molecule has 0 heterocycles. The van der Waals surface area contributed by atoms with E-state index in [1.807, 2.05) is 18.2 Å². The van der Waals surface area contributed by atoms with Crippen LogP contribution in [0, 0.1) is 0 Å². The van der Waals surface area contributed by atoms with Crippen molar-refractivity contribution in [3.05, 3.63) is 29.8 Å². The number of nitrogens with two attached hydrogens (primary N) is 1. The Hall–Kier alpha value is -1.55. The highest BCUT2D eigenvalue weighted by Crippen LogP contribution is 2.24. The Morgan fingerprint density at radius 2 is 2.12 bits per heavy atom. The fourth-order valence-corrected chi connectivity index (χ4v) is 1.45. The Bertz CT molecular complexity index is 365. The molecule has 0 fully saturated rings. The molecule has 0 spiro atoms. The van der Waals surface area contributed by atoms with Crippen molar-refractivity contribution < 1.29 is 14.3 Å². The number of hydrogen-bond donors (Lipinski definition) is 1. The summed E-state index contributed by atoms with van der Waals surface area (Å²) in [4.78, 5) is 11.4. The van der Waals surface area contributed by atoms with E-state index in [0.717, 1.165) is 12.8 Å². The average molecular weight is 237 g/mol. The van der Waals surface area contributed by atoms with Gasteiger partial charge >= 0.3 is 5.97 Å². The number of unbranched alkanes of at least 4 members (excludes halogenated alkanes) is 1. The molecule has 0 aliphatic heterocycles. The van der Waals surface area contributed by atoms with E-state index in [1.54, 1.807) is 6.07 Å². The summed E-state index contributed by atoms with van der Waals surface area (Å²) < 4.78 is 10.2. The summed E-state index contributed by atoms with van der Waals surface area (Å²) in [6.45, 7) is 2.72. The van der Waals surface area contributed by atoms with Gasteiger partial charge in [0.05, 0.1) is 13.7 Å². The SMILES string of the molecule is CCCCOc1ccccc1C(N)C(=O)OC. The van der Waals surface area contributed by atoms with Gasteiger partial charge in [0.15, 0.2) is 0 Å². The molecule has 17 heavy (non-hydrogen) atoms. The zero-order valence-corrected chi connectivity index (χ0v) is 10.3. The first-order chi connectivity index (χ1) is 8.20. The number of carbonyl (C=O) groups excluding carboxylic acids is 1. The Balaban J connectivity index is 2.79. The highest BCUT2D eigenvalue weighted by molar-refractivity contribution is 5.78. The second-order valence-electron chi connectivity index (χ2n) is 3.74. The van der Waals surface area contributed by atoms with Gasteiger partial charge in [0.1, 0.15) is 11.8 Å². The summed E-state index contributed by atoms with van der Waals surface area (Å²) in [7, 11) is 1.32. The van der Waals surface area contributed by atoms with E-state index in [0.29, 0.717) is 17.9 Å². The maximum atomic E-state index is 11.4. The highest BCUT2D eigenvalue weighted by atomic mass is 16.5. The lowest BCUT2D eigenvalue weighted by Gasteiger charge is -2.15. The molecule has 94 valence electrons. The van der Waals surface area contributed by atoms with Crippen LogP contribution < -0.4 is 10.5 Å². The van der Waals surface area contributed by atoms with Crippen LogP contribution in [0.25, 0.3) is 0 Å². The van der Waals surface area contributed by atoms with Crippen LogP contribution in [0.3, 0.4) is 0 Å². The molecule has 2 N–H and O–H groups in total. The number of ether oxygens (including phenoxy) is 2. The molecule has 0 bridgehead atoms. The van der Waals surface area contributed by atoms with Crippen molar-refractivity contribution in [1.29, 1.82) is 0 Å². The lowest BCUT2D eigenvalue weighted by atomic mass is 10.1. The molecule has 1 aromatic rings. The van der Waals surface area contributed by atoms with Crippen LogP contribution in [0.15, 0.2) is 24.3 Å². The van der Waals surface area contributed by atoms with Crippen LogP contribution in [0.2, 0.25) is 0 Å². The monoisotopic (exact) mass is 237 g/mol. The quantitative estimate of drug-likeness (QED) is 0.607. The summed E-state index contributed by atoms with van der Waals surface area (Å²) >= 11 is 0. The lowest BCUT2D eigenvalue weighted by molar-refractivity contribution is -0.142. The van der Waals surface area contributed by atoms with Crippen LogP contribution in [-0.4, -0.2) is 19.7 Å².